The SMILES string of the molecule is CCN1CCC[C@]2(Cc3cc(-c4coc(C=O)c4)cnc3O2)C1. The van der Waals surface area contributed by atoms with Crippen LogP contribution in [0, 0.1) is 0 Å². The minimum Gasteiger partial charge on any atom is -0.469 e. The number of aldehydes is 1. The maximum Gasteiger partial charge on any atom is 0.217 e. The molecule has 1 spiro atoms. The minimum absolute atomic E-state index is 0.118. The molecule has 4 heterocycles. The Bertz CT molecular complexity index is 740. The zero-order chi connectivity index (χ0) is 15.9. The molecule has 0 aliphatic carbocycles. The van der Waals surface area contributed by atoms with Gasteiger partial charge in [0.25, 0.3) is 0 Å². The van der Waals surface area contributed by atoms with Crippen molar-refractivity contribution in [3.05, 3.63) is 35.9 Å². The largest absolute Gasteiger partial charge is 0.469 e. The average molecular weight is 312 g/mol. The number of hydrogen-bond acceptors (Lipinski definition) is 5. The molecule has 0 aromatic carbocycles. The highest BCUT2D eigenvalue weighted by Gasteiger charge is 2.43. The number of aromatic nitrogens is 1. The molecule has 0 amide bonds. The summed E-state index contributed by atoms with van der Waals surface area (Å²) in [5.74, 6) is 1.09. The molecule has 2 aromatic rings. The highest BCUT2D eigenvalue weighted by Crippen LogP contribution is 2.40. The van der Waals surface area contributed by atoms with Gasteiger partial charge in [-0.25, -0.2) is 4.98 Å². The molecule has 0 unspecified atom stereocenters. The van der Waals surface area contributed by atoms with Crippen molar-refractivity contribution in [2.45, 2.75) is 31.8 Å². The van der Waals surface area contributed by atoms with E-state index >= 15 is 0 Å². The number of carbonyl (C=O) groups is 1. The van der Waals surface area contributed by atoms with Crippen molar-refractivity contribution < 1.29 is 13.9 Å². The van der Waals surface area contributed by atoms with Crippen molar-refractivity contribution in [1.82, 2.24) is 9.88 Å². The Morgan fingerprint density at radius 3 is 3.09 bits per heavy atom. The van der Waals surface area contributed by atoms with Crippen molar-refractivity contribution >= 4 is 6.29 Å². The van der Waals surface area contributed by atoms with Crippen LogP contribution in [0.3, 0.4) is 0 Å². The molecule has 120 valence electrons. The molecule has 5 heteroatoms. The van der Waals surface area contributed by atoms with Gasteiger partial charge in [-0.05, 0) is 38.1 Å². The quantitative estimate of drug-likeness (QED) is 0.816. The van der Waals surface area contributed by atoms with E-state index in [1.165, 1.54) is 6.42 Å². The number of carbonyl (C=O) groups excluding carboxylic acids is 1. The van der Waals surface area contributed by atoms with Gasteiger partial charge in [0.05, 0.1) is 6.26 Å². The van der Waals surface area contributed by atoms with Crippen molar-refractivity contribution in [2.24, 2.45) is 0 Å². The summed E-state index contributed by atoms with van der Waals surface area (Å²) in [6, 6.07) is 3.85. The molecule has 1 saturated heterocycles. The first-order chi connectivity index (χ1) is 11.2. The molecule has 0 N–H and O–H groups in total. The summed E-state index contributed by atoms with van der Waals surface area (Å²) in [6.07, 6.45) is 7.24. The van der Waals surface area contributed by atoms with Crippen molar-refractivity contribution in [3.8, 4) is 17.0 Å². The molecule has 1 atom stereocenters. The molecule has 1 fully saturated rings. The van der Waals surface area contributed by atoms with Crippen LogP contribution in [0.25, 0.3) is 11.1 Å². The van der Waals surface area contributed by atoms with Gasteiger partial charge in [0.15, 0.2) is 12.0 Å². The Kier molecular flexibility index (Phi) is 3.45. The van der Waals surface area contributed by atoms with Gasteiger partial charge >= 0.3 is 0 Å². The predicted octanol–water partition coefficient (Wildman–Crippen LogP) is 2.94. The lowest BCUT2D eigenvalue weighted by Gasteiger charge is -2.38. The van der Waals surface area contributed by atoms with Crippen LogP contribution in [-0.4, -0.2) is 41.4 Å². The van der Waals surface area contributed by atoms with E-state index in [0.717, 1.165) is 55.0 Å². The van der Waals surface area contributed by atoms with E-state index in [4.69, 9.17) is 9.15 Å². The Balaban J connectivity index is 1.60. The monoisotopic (exact) mass is 312 g/mol. The lowest BCUT2D eigenvalue weighted by Crippen LogP contribution is -2.51. The van der Waals surface area contributed by atoms with E-state index in [1.807, 2.05) is 0 Å². The smallest absolute Gasteiger partial charge is 0.217 e. The fourth-order valence-electron chi connectivity index (χ4n) is 3.72. The summed E-state index contributed by atoms with van der Waals surface area (Å²) >= 11 is 0. The summed E-state index contributed by atoms with van der Waals surface area (Å²) in [5, 5.41) is 0. The Morgan fingerprint density at radius 2 is 2.30 bits per heavy atom. The summed E-state index contributed by atoms with van der Waals surface area (Å²) in [4.78, 5) is 17.7. The number of piperidine rings is 1. The zero-order valence-electron chi connectivity index (χ0n) is 13.2. The second-order valence-electron chi connectivity index (χ2n) is 6.48. The Labute approximate surface area is 135 Å². The molecule has 23 heavy (non-hydrogen) atoms. The average Bonchev–Trinajstić information content (AvgIpc) is 3.18. The van der Waals surface area contributed by atoms with Crippen LogP contribution in [0.1, 0.15) is 35.9 Å². The molecule has 0 bridgehead atoms. The maximum absolute atomic E-state index is 10.8. The minimum atomic E-state index is -0.118. The van der Waals surface area contributed by atoms with Crippen LogP contribution in [0.2, 0.25) is 0 Å². The summed E-state index contributed by atoms with van der Waals surface area (Å²) < 4.78 is 11.4. The summed E-state index contributed by atoms with van der Waals surface area (Å²) in [7, 11) is 0. The summed E-state index contributed by atoms with van der Waals surface area (Å²) in [6.45, 7) is 5.38. The number of likely N-dealkylation sites (N-methyl/N-ethyl adjacent to an activating group) is 1. The van der Waals surface area contributed by atoms with Crippen LogP contribution >= 0.6 is 0 Å². The Hall–Kier alpha value is -2.14. The molecule has 2 aliphatic rings. The molecule has 0 radical (unpaired) electrons. The lowest BCUT2D eigenvalue weighted by atomic mass is 9.88. The molecule has 2 aliphatic heterocycles. The van der Waals surface area contributed by atoms with Crippen molar-refractivity contribution in [3.63, 3.8) is 0 Å². The van der Waals surface area contributed by atoms with Gasteiger partial charge in [0.1, 0.15) is 5.60 Å². The van der Waals surface area contributed by atoms with Crippen LogP contribution in [0.4, 0.5) is 0 Å². The molecule has 4 rings (SSSR count). The summed E-state index contributed by atoms with van der Waals surface area (Å²) in [5.41, 5.74) is 2.87. The van der Waals surface area contributed by atoms with E-state index < -0.39 is 0 Å². The van der Waals surface area contributed by atoms with Crippen LogP contribution in [0.15, 0.2) is 29.0 Å². The van der Waals surface area contributed by atoms with E-state index in [1.54, 1.807) is 18.5 Å². The molecule has 5 nitrogen and oxygen atoms in total. The third kappa shape index (κ3) is 2.55. The van der Waals surface area contributed by atoms with E-state index in [0.29, 0.717) is 12.0 Å². The first kappa shape index (κ1) is 14.5. The van der Waals surface area contributed by atoms with Crippen molar-refractivity contribution in [2.75, 3.05) is 19.6 Å². The standard InChI is InChI=1S/C18H20N2O3/c1-2-20-5-3-4-18(12-20)8-13-6-14(9-19-17(13)23-18)15-7-16(10-21)22-11-15/h6-7,9-11H,2-5,8,12H2,1H3/t18-/m0/s1. The van der Waals surface area contributed by atoms with Gasteiger partial charge in [-0.2, -0.15) is 0 Å². The first-order valence-corrected chi connectivity index (χ1v) is 8.16. The van der Waals surface area contributed by atoms with Gasteiger partial charge in [0, 0.05) is 35.9 Å². The van der Waals surface area contributed by atoms with Gasteiger partial charge in [-0.3, -0.25) is 9.69 Å². The van der Waals surface area contributed by atoms with Gasteiger partial charge < -0.3 is 9.15 Å². The molecule has 2 aromatic heterocycles. The Morgan fingerprint density at radius 1 is 1.39 bits per heavy atom. The third-order valence-corrected chi connectivity index (χ3v) is 4.89. The van der Waals surface area contributed by atoms with Gasteiger partial charge in [-0.15, -0.1) is 0 Å². The second-order valence-corrected chi connectivity index (χ2v) is 6.48. The topological polar surface area (TPSA) is 55.6 Å². The fourth-order valence-corrected chi connectivity index (χ4v) is 3.72. The normalized spacial score (nSPS) is 23.7. The molecular formula is C18H20N2O3. The first-order valence-electron chi connectivity index (χ1n) is 8.16. The fraction of sp³-hybridized carbons (Fsp3) is 0.444. The van der Waals surface area contributed by atoms with E-state index in [-0.39, 0.29) is 5.60 Å². The number of pyridine rings is 1. The number of rotatable bonds is 3. The third-order valence-electron chi connectivity index (χ3n) is 4.89. The number of nitrogens with zero attached hydrogens (tertiary/aromatic N) is 2. The van der Waals surface area contributed by atoms with E-state index in [9.17, 15) is 4.79 Å². The molecular weight excluding hydrogens is 292 g/mol. The lowest BCUT2D eigenvalue weighted by molar-refractivity contribution is 0.00781. The second kappa shape index (κ2) is 5.49. The number of furan rings is 1. The highest BCUT2D eigenvalue weighted by molar-refractivity contribution is 5.75. The number of fused-ring (bicyclic) bond motifs is 1. The predicted molar refractivity (Wildman–Crippen MR) is 85.7 cm³/mol. The zero-order valence-corrected chi connectivity index (χ0v) is 13.2. The molecule has 0 saturated carbocycles. The number of likely N-dealkylation sites (tertiary alicyclic amines) is 1. The van der Waals surface area contributed by atoms with E-state index in [2.05, 4.69) is 22.9 Å². The van der Waals surface area contributed by atoms with Crippen molar-refractivity contribution in [1.29, 1.82) is 0 Å². The number of ether oxygens (including phenoxy) is 1. The van der Waals surface area contributed by atoms with Crippen LogP contribution in [-0.2, 0) is 6.42 Å². The van der Waals surface area contributed by atoms with Gasteiger partial charge in [-0.1, -0.05) is 6.92 Å². The van der Waals surface area contributed by atoms with Gasteiger partial charge in [0.2, 0.25) is 5.88 Å². The number of hydrogen-bond donors (Lipinski definition) is 0. The van der Waals surface area contributed by atoms with Crippen LogP contribution in [0.5, 0.6) is 5.88 Å². The highest BCUT2D eigenvalue weighted by atomic mass is 16.5. The maximum atomic E-state index is 10.8. The van der Waals surface area contributed by atoms with Crippen LogP contribution < -0.4 is 4.74 Å².